The van der Waals surface area contributed by atoms with Gasteiger partial charge in [0, 0.05) is 10.6 Å². The summed E-state index contributed by atoms with van der Waals surface area (Å²) in [4.78, 5) is 28.3. The zero-order valence-electron chi connectivity index (χ0n) is 14.8. The highest BCUT2D eigenvalue weighted by atomic mass is 32.1. The van der Waals surface area contributed by atoms with Gasteiger partial charge in [0.15, 0.2) is 11.5 Å². The number of carbonyl (C=O) groups is 2. The second kappa shape index (κ2) is 6.55. The SMILES string of the molecule is Cc1cccc(N2C(=O)C(O)=C(C(=O)c3ccco3)C2c2sccc2C)c1. The van der Waals surface area contributed by atoms with Crippen LogP contribution < -0.4 is 4.90 Å². The lowest BCUT2D eigenvalue weighted by atomic mass is 9.98. The molecule has 136 valence electrons. The largest absolute Gasteiger partial charge is 0.503 e. The van der Waals surface area contributed by atoms with Gasteiger partial charge < -0.3 is 9.52 Å². The molecule has 3 aromatic rings. The molecule has 4 rings (SSSR count). The van der Waals surface area contributed by atoms with Crippen LogP contribution in [-0.2, 0) is 4.79 Å². The summed E-state index contributed by atoms with van der Waals surface area (Å²) in [6.07, 6.45) is 1.39. The number of benzene rings is 1. The lowest BCUT2D eigenvalue weighted by Crippen LogP contribution is -2.31. The van der Waals surface area contributed by atoms with Gasteiger partial charge in [0.1, 0.15) is 6.04 Å². The Kier molecular flexibility index (Phi) is 4.20. The molecule has 0 fully saturated rings. The fourth-order valence-electron chi connectivity index (χ4n) is 3.33. The van der Waals surface area contributed by atoms with E-state index in [1.54, 1.807) is 12.1 Å². The number of nitrogens with zero attached hydrogens (tertiary/aromatic N) is 1. The van der Waals surface area contributed by atoms with Crippen LogP contribution in [0.4, 0.5) is 5.69 Å². The van der Waals surface area contributed by atoms with Crippen LogP contribution in [0.1, 0.15) is 32.6 Å². The number of rotatable bonds is 4. The number of anilines is 1. The van der Waals surface area contributed by atoms with Crippen LogP contribution in [0.2, 0.25) is 0 Å². The maximum atomic E-state index is 13.0. The maximum absolute atomic E-state index is 13.0. The van der Waals surface area contributed by atoms with E-state index in [-0.39, 0.29) is 11.3 Å². The third kappa shape index (κ3) is 2.78. The summed E-state index contributed by atoms with van der Waals surface area (Å²) in [6.45, 7) is 3.85. The van der Waals surface area contributed by atoms with Gasteiger partial charge in [-0.2, -0.15) is 0 Å². The summed E-state index contributed by atoms with van der Waals surface area (Å²) in [5.74, 6) is -1.52. The van der Waals surface area contributed by atoms with Crippen molar-refractivity contribution in [3.05, 3.63) is 87.2 Å². The third-order valence-electron chi connectivity index (χ3n) is 4.63. The van der Waals surface area contributed by atoms with Crippen molar-refractivity contribution < 1.29 is 19.1 Å². The van der Waals surface area contributed by atoms with Crippen molar-refractivity contribution in [1.29, 1.82) is 0 Å². The van der Waals surface area contributed by atoms with E-state index in [1.807, 2.05) is 43.5 Å². The predicted molar refractivity (Wildman–Crippen MR) is 103 cm³/mol. The molecule has 0 bridgehead atoms. The number of furan rings is 1. The lowest BCUT2D eigenvalue weighted by molar-refractivity contribution is -0.117. The molecule has 1 aliphatic rings. The first-order valence-corrected chi connectivity index (χ1v) is 9.32. The van der Waals surface area contributed by atoms with Crippen LogP contribution in [0.3, 0.4) is 0 Å². The number of thiophene rings is 1. The first-order valence-electron chi connectivity index (χ1n) is 8.44. The number of aliphatic hydroxyl groups is 1. The normalized spacial score (nSPS) is 17.0. The zero-order valence-corrected chi connectivity index (χ0v) is 15.6. The van der Waals surface area contributed by atoms with Crippen LogP contribution in [0.15, 0.2) is 69.9 Å². The number of amides is 1. The van der Waals surface area contributed by atoms with E-state index in [0.29, 0.717) is 5.69 Å². The van der Waals surface area contributed by atoms with Crippen molar-refractivity contribution in [3.8, 4) is 0 Å². The first kappa shape index (κ1) is 17.3. The van der Waals surface area contributed by atoms with E-state index >= 15 is 0 Å². The standard InChI is InChI=1S/C21H17NO4S/c1-12-5-3-6-14(11-12)22-17(20-13(2)8-10-27-20)16(19(24)21(22)25)18(23)15-7-4-9-26-15/h3-11,17,24H,1-2H3. The first-order chi connectivity index (χ1) is 13.0. The maximum Gasteiger partial charge on any atom is 0.294 e. The van der Waals surface area contributed by atoms with Crippen LogP contribution in [0.5, 0.6) is 0 Å². The molecule has 0 saturated heterocycles. The Morgan fingerprint density at radius 1 is 1.19 bits per heavy atom. The molecule has 0 radical (unpaired) electrons. The van der Waals surface area contributed by atoms with Crippen molar-refractivity contribution >= 4 is 28.7 Å². The average Bonchev–Trinajstić information content (AvgIpc) is 3.36. The molecule has 5 nitrogen and oxygen atoms in total. The number of hydrogen-bond donors (Lipinski definition) is 1. The molecule has 0 saturated carbocycles. The van der Waals surface area contributed by atoms with Crippen molar-refractivity contribution in [2.75, 3.05) is 4.90 Å². The van der Waals surface area contributed by atoms with E-state index in [9.17, 15) is 14.7 Å². The van der Waals surface area contributed by atoms with Gasteiger partial charge in [-0.15, -0.1) is 11.3 Å². The van der Waals surface area contributed by atoms with E-state index in [2.05, 4.69) is 0 Å². The van der Waals surface area contributed by atoms with Gasteiger partial charge in [-0.3, -0.25) is 14.5 Å². The van der Waals surface area contributed by atoms with Crippen LogP contribution in [0, 0.1) is 13.8 Å². The topological polar surface area (TPSA) is 70.8 Å². The van der Waals surface area contributed by atoms with Crippen LogP contribution in [-0.4, -0.2) is 16.8 Å². The van der Waals surface area contributed by atoms with Crippen LogP contribution in [0.25, 0.3) is 0 Å². The minimum atomic E-state index is -0.697. The molecule has 1 N–H and O–H groups in total. The van der Waals surface area contributed by atoms with E-state index in [4.69, 9.17) is 4.42 Å². The quantitative estimate of drug-likeness (QED) is 0.665. The molecule has 27 heavy (non-hydrogen) atoms. The van der Waals surface area contributed by atoms with Crippen molar-refractivity contribution in [3.63, 3.8) is 0 Å². The molecule has 0 spiro atoms. The van der Waals surface area contributed by atoms with Crippen molar-refractivity contribution in [2.24, 2.45) is 0 Å². The minimum Gasteiger partial charge on any atom is -0.503 e. The number of carbonyl (C=O) groups excluding carboxylic acids is 2. The number of Topliss-reactive ketones (excluding diaryl/α,β-unsaturated/α-hetero) is 1. The predicted octanol–water partition coefficient (Wildman–Crippen LogP) is 4.74. The highest BCUT2D eigenvalue weighted by molar-refractivity contribution is 7.10. The molecule has 0 aliphatic carbocycles. The summed E-state index contributed by atoms with van der Waals surface area (Å²) < 4.78 is 5.23. The van der Waals surface area contributed by atoms with Gasteiger partial charge in [0.2, 0.25) is 5.78 Å². The zero-order chi connectivity index (χ0) is 19.1. The van der Waals surface area contributed by atoms with Crippen LogP contribution >= 0.6 is 11.3 Å². The second-order valence-electron chi connectivity index (χ2n) is 6.45. The Morgan fingerprint density at radius 3 is 2.63 bits per heavy atom. The molecule has 1 atom stereocenters. The van der Waals surface area contributed by atoms with Gasteiger partial charge >= 0.3 is 0 Å². The minimum absolute atomic E-state index is 0.0435. The Morgan fingerprint density at radius 2 is 2.00 bits per heavy atom. The molecule has 1 unspecified atom stereocenters. The second-order valence-corrected chi connectivity index (χ2v) is 7.40. The smallest absolute Gasteiger partial charge is 0.294 e. The third-order valence-corrected chi connectivity index (χ3v) is 5.70. The van der Waals surface area contributed by atoms with Gasteiger partial charge in [-0.1, -0.05) is 12.1 Å². The Labute approximate surface area is 160 Å². The summed E-state index contributed by atoms with van der Waals surface area (Å²) in [7, 11) is 0. The summed E-state index contributed by atoms with van der Waals surface area (Å²) >= 11 is 1.45. The number of hydrogen-bond acceptors (Lipinski definition) is 5. The summed E-state index contributed by atoms with van der Waals surface area (Å²) in [5.41, 5.74) is 2.61. The molecule has 1 amide bonds. The van der Waals surface area contributed by atoms with Gasteiger partial charge in [-0.05, 0) is 60.7 Å². The number of aliphatic hydroxyl groups excluding tert-OH is 1. The highest BCUT2D eigenvalue weighted by Gasteiger charge is 2.46. The van der Waals surface area contributed by atoms with Gasteiger partial charge in [0.25, 0.3) is 5.91 Å². The molecule has 2 aromatic heterocycles. The highest BCUT2D eigenvalue weighted by Crippen LogP contribution is 2.44. The molecule has 1 aliphatic heterocycles. The fourth-order valence-corrected chi connectivity index (χ4v) is 4.36. The molecule has 6 heteroatoms. The summed E-state index contributed by atoms with van der Waals surface area (Å²) in [6, 6.07) is 11.8. The summed E-state index contributed by atoms with van der Waals surface area (Å²) in [5, 5.41) is 12.5. The monoisotopic (exact) mass is 379 g/mol. The molecule has 3 heterocycles. The molecular formula is C21H17NO4S. The lowest BCUT2D eigenvalue weighted by Gasteiger charge is -2.26. The number of ketones is 1. The Hall–Kier alpha value is -3.12. The Balaban J connectivity index is 1.90. The Bertz CT molecular complexity index is 1060. The van der Waals surface area contributed by atoms with Gasteiger partial charge in [-0.25, -0.2) is 0 Å². The van der Waals surface area contributed by atoms with Crippen molar-refractivity contribution in [1.82, 2.24) is 0 Å². The molecule has 1 aromatic carbocycles. The number of aryl methyl sites for hydroxylation is 2. The fraction of sp³-hybridized carbons (Fsp3) is 0.143. The van der Waals surface area contributed by atoms with E-state index in [1.165, 1.54) is 28.6 Å². The van der Waals surface area contributed by atoms with Gasteiger partial charge in [0.05, 0.1) is 11.8 Å². The molecular weight excluding hydrogens is 362 g/mol. The van der Waals surface area contributed by atoms with E-state index < -0.39 is 23.5 Å². The average molecular weight is 379 g/mol. The van der Waals surface area contributed by atoms with E-state index in [0.717, 1.165) is 16.0 Å². The van der Waals surface area contributed by atoms with Crippen molar-refractivity contribution in [2.45, 2.75) is 19.9 Å².